The van der Waals surface area contributed by atoms with Crippen LogP contribution in [0.5, 0.6) is 5.75 Å². The van der Waals surface area contributed by atoms with E-state index in [0.29, 0.717) is 11.4 Å². The fourth-order valence-electron chi connectivity index (χ4n) is 1.83. The summed E-state index contributed by atoms with van der Waals surface area (Å²) >= 11 is 0. The SMILES string of the molecule is Cc1cccc(N)c1OC(C)C(=O)Nc1ccccc1. The molecule has 1 amide bonds. The molecular weight excluding hydrogens is 252 g/mol. The van der Waals surface area contributed by atoms with Gasteiger partial charge in [-0.2, -0.15) is 0 Å². The molecule has 4 heteroatoms. The number of anilines is 2. The van der Waals surface area contributed by atoms with Gasteiger partial charge in [0.25, 0.3) is 5.91 Å². The summed E-state index contributed by atoms with van der Waals surface area (Å²) in [7, 11) is 0. The lowest BCUT2D eigenvalue weighted by atomic mass is 10.2. The summed E-state index contributed by atoms with van der Waals surface area (Å²) < 4.78 is 5.67. The number of benzene rings is 2. The van der Waals surface area contributed by atoms with Crippen LogP contribution in [0.4, 0.5) is 11.4 Å². The van der Waals surface area contributed by atoms with E-state index >= 15 is 0 Å². The van der Waals surface area contributed by atoms with Crippen molar-refractivity contribution in [3.05, 3.63) is 54.1 Å². The fraction of sp³-hybridized carbons (Fsp3) is 0.188. The summed E-state index contributed by atoms with van der Waals surface area (Å²) in [5.41, 5.74) is 8.05. The smallest absolute Gasteiger partial charge is 0.265 e. The van der Waals surface area contributed by atoms with Gasteiger partial charge in [-0.25, -0.2) is 0 Å². The molecule has 0 spiro atoms. The van der Waals surface area contributed by atoms with Crippen LogP contribution in [0.1, 0.15) is 12.5 Å². The summed E-state index contributed by atoms with van der Waals surface area (Å²) in [6.45, 7) is 3.59. The van der Waals surface area contributed by atoms with E-state index in [1.165, 1.54) is 0 Å². The number of carbonyl (C=O) groups excluding carboxylic acids is 1. The van der Waals surface area contributed by atoms with E-state index in [1.54, 1.807) is 13.0 Å². The maximum atomic E-state index is 12.1. The molecule has 4 nitrogen and oxygen atoms in total. The highest BCUT2D eigenvalue weighted by molar-refractivity contribution is 5.94. The van der Waals surface area contributed by atoms with Crippen LogP contribution in [-0.2, 0) is 4.79 Å². The third kappa shape index (κ3) is 3.29. The lowest BCUT2D eigenvalue weighted by Gasteiger charge is -2.17. The molecule has 0 saturated carbocycles. The number of nitrogens with two attached hydrogens (primary N) is 1. The first-order valence-corrected chi connectivity index (χ1v) is 6.45. The Morgan fingerprint density at radius 1 is 1.15 bits per heavy atom. The summed E-state index contributed by atoms with van der Waals surface area (Å²) in [5.74, 6) is 0.349. The Labute approximate surface area is 118 Å². The maximum absolute atomic E-state index is 12.1. The summed E-state index contributed by atoms with van der Waals surface area (Å²) in [4.78, 5) is 12.1. The number of amides is 1. The summed E-state index contributed by atoms with van der Waals surface area (Å²) in [6.07, 6.45) is -0.626. The van der Waals surface area contributed by atoms with Crippen LogP contribution in [0.3, 0.4) is 0 Å². The van der Waals surface area contributed by atoms with Crippen molar-refractivity contribution in [1.29, 1.82) is 0 Å². The van der Waals surface area contributed by atoms with Crippen molar-refractivity contribution < 1.29 is 9.53 Å². The molecule has 20 heavy (non-hydrogen) atoms. The van der Waals surface area contributed by atoms with Gasteiger partial charge in [0.05, 0.1) is 5.69 Å². The number of aryl methyl sites for hydroxylation is 1. The molecule has 104 valence electrons. The Morgan fingerprint density at radius 2 is 1.85 bits per heavy atom. The van der Waals surface area contributed by atoms with Crippen LogP contribution in [0.2, 0.25) is 0 Å². The number of hydrogen-bond acceptors (Lipinski definition) is 3. The van der Waals surface area contributed by atoms with Crippen molar-refractivity contribution in [2.24, 2.45) is 0 Å². The number of carbonyl (C=O) groups is 1. The topological polar surface area (TPSA) is 64.3 Å². The lowest BCUT2D eigenvalue weighted by Crippen LogP contribution is -2.30. The molecule has 0 aliphatic carbocycles. The quantitative estimate of drug-likeness (QED) is 0.839. The lowest BCUT2D eigenvalue weighted by molar-refractivity contribution is -0.122. The molecule has 0 bridgehead atoms. The predicted octanol–water partition coefficient (Wildman–Crippen LogP) is 2.98. The van der Waals surface area contributed by atoms with E-state index in [0.717, 1.165) is 11.3 Å². The molecule has 0 fully saturated rings. The second-order valence-electron chi connectivity index (χ2n) is 4.61. The molecule has 0 aromatic heterocycles. The van der Waals surface area contributed by atoms with Gasteiger partial charge in [0.1, 0.15) is 5.75 Å². The van der Waals surface area contributed by atoms with Crippen molar-refractivity contribution in [3.63, 3.8) is 0 Å². The molecule has 2 aromatic rings. The van der Waals surface area contributed by atoms with Gasteiger partial charge in [0.15, 0.2) is 6.10 Å². The number of ether oxygens (including phenoxy) is 1. The highest BCUT2D eigenvalue weighted by atomic mass is 16.5. The number of nitrogens with one attached hydrogen (secondary N) is 1. The number of hydrogen-bond donors (Lipinski definition) is 2. The minimum atomic E-state index is -0.626. The number of para-hydroxylation sites is 2. The number of nitrogen functional groups attached to an aromatic ring is 1. The second-order valence-corrected chi connectivity index (χ2v) is 4.61. The molecule has 0 heterocycles. The first kappa shape index (κ1) is 13.9. The van der Waals surface area contributed by atoms with Crippen molar-refractivity contribution in [2.45, 2.75) is 20.0 Å². The highest BCUT2D eigenvalue weighted by Gasteiger charge is 2.17. The van der Waals surface area contributed by atoms with Gasteiger partial charge in [-0.3, -0.25) is 4.79 Å². The van der Waals surface area contributed by atoms with Gasteiger partial charge in [-0.1, -0.05) is 30.3 Å². The molecule has 3 N–H and O–H groups in total. The maximum Gasteiger partial charge on any atom is 0.265 e. The van der Waals surface area contributed by atoms with Crippen molar-refractivity contribution in [1.82, 2.24) is 0 Å². The largest absolute Gasteiger partial charge is 0.478 e. The van der Waals surface area contributed by atoms with Crippen LogP contribution in [0.25, 0.3) is 0 Å². The van der Waals surface area contributed by atoms with Crippen molar-refractivity contribution in [2.75, 3.05) is 11.1 Å². The third-order valence-corrected chi connectivity index (χ3v) is 2.95. The molecule has 0 saturated heterocycles. The minimum Gasteiger partial charge on any atom is -0.478 e. The third-order valence-electron chi connectivity index (χ3n) is 2.95. The molecule has 0 radical (unpaired) electrons. The van der Waals surface area contributed by atoms with E-state index in [2.05, 4.69) is 5.32 Å². The zero-order valence-corrected chi connectivity index (χ0v) is 11.6. The Kier molecular flexibility index (Phi) is 4.25. The van der Waals surface area contributed by atoms with Crippen LogP contribution < -0.4 is 15.8 Å². The van der Waals surface area contributed by atoms with Gasteiger partial charge < -0.3 is 15.8 Å². The molecular formula is C16H18N2O2. The Bertz CT molecular complexity index is 576. The summed E-state index contributed by atoms with van der Waals surface area (Å²) in [5, 5.41) is 2.80. The standard InChI is InChI=1S/C16H18N2O2/c1-11-7-6-10-14(17)15(11)20-12(2)16(19)18-13-8-4-3-5-9-13/h3-10,12H,17H2,1-2H3,(H,18,19). The van der Waals surface area contributed by atoms with Crippen LogP contribution >= 0.6 is 0 Å². The van der Waals surface area contributed by atoms with Gasteiger partial charge >= 0.3 is 0 Å². The fourth-order valence-corrected chi connectivity index (χ4v) is 1.83. The number of rotatable bonds is 4. The Hall–Kier alpha value is -2.49. The summed E-state index contributed by atoms with van der Waals surface area (Å²) in [6, 6.07) is 14.8. The molecule has 2 rings (SSSR count). The minimum absolute atomic E-state index is 0.209. The predicted molar refractivity (Wildman–Crippen MR) is 80.8 cm³/mol. The normalized spacial score (nSPS) is 11.7. The van der Waals surface area contributed by atoms with Crippen LogP contribution in [0, 0.1) is 6.92 Å². The van der Waals surface area contributed by atoms with E-state index in [-0.39, 0.29) is 5.91 Å². The molecule has 0 aliphatic rings. The molecule has 1 atom stereocenters. The molecule has 1 unspecified atom stereocenters. The van der Waals surface area contributed by atoms with E-state index in [1.807, 2.05) is 49.4 Å². The molecule has 0 aliphatic heterocycles. The highest BCUT2D eigenvalue weighted by Crippen LogP contribution is 2.26. The van der Waals surface area contributed by atoms with Crippen molar-refractivity contribution in [3.8, 4) is 5.75 Å². The monoisotopic (exact) mass is 270 g/mol. The van der Waals surface area contributed by atoms with Gasteiger partial charge in [0, 0.05) is 5.69 Å². The Balaban J connectivity index is 2.05. The Morgan fingerprint density at radius 3 is 2.50 bits per heavy atom. The first-order valence-electron chi connectivity index (χ1n) is 6.45. The average molecular weight is 270 g/mol. The van der Waals surface area contributed by atoms with Gasteiger partial charge in [-0.05, 0) is 37.6 Å². The average Bonchev–Trinajstić information content (AvgIpc) is 2.44. The van der Waals surface area contributed by atoms with Crippen LogP contribution in [-0.4, -0.2) is 12.0 Å². The van der Waals surface area contributed by atoms with E-state index in [9.17, 15) is 4.79 Å². The van der Waals surface area contributed by atoms with Crippen molar-refractivity contribution >= 4 is 17.3 Å². The second kappa shape index (κ2) is 6.10. The zero-order valence-electron chi connectivity index (χ0n) is 11.6. The van der Waals surface area contributed by atoms with E-state index in [4.69, 9.17) is 10.5 Å². The van der Waals surface area contributed by atoms with Crippen LogP contribution in [0.15, 0.2) is 48.5 Å². The van der Waals surface area contributed by atoms with E-state index < -0.39 is 6.10 Å². The van der Waals surface area contributed by atoms with Gasteiger partial charge in [0.2, 0.25) is 0 Å². The molecule has 2 aromatic carbocycles. The van der Waals surface area contributed by atoms with Gasteiger partial charge in [-0.15, -0.1) is 0 Å². The first-order chi connectivity index (χ1) is 9.58. The zero-order chi connectivity index (χ0) is 14.5.